The maximum atomic E-state index is 9.97. The van der Waals surface area contributed by atoms with Crippen LogP contribution in [-0.4, -0.2) is 6.29 Å². The molecule has 0 saturated heterocycles. The Kier molecular flexibility index (Phi) is 12.4. The first-order valence-corrected chi connectivity index (χ1v) is 6.13. The molecule has 1 nitrogen and oxygen atoms in total. The number of hydrogen-bond donors (Lipinski definition) is 0. The molecule has 0 aliphatic carbocycles. The van der Waals surface area contributed by atoms with Gasteiger partial charge in [-0.05, 0) is 38.7 Å². The van der Waals surface area contributed by atoms with Gasteiger partial charge in [-0.15, -0.1) is 0 Å². The molecule has 0 fully saturated rings. The topological polar surface area (TPSA) is 17.1 Å². The van der Waals surface area contributed by atoms with Crippen LogP contribution in [0.25, 0.3) is 0 Å². The normalized spacial score (nSPS) is 11.5. The van der Waals surface area contributed by atoms with Gasteiger partial charge >= 0.3 is 0 Å². The van der Waals surface area contributed by atoms with E-state index in [0.717, 1.165) is 12.7 Å². The zero-order valence-corrected chi connectivity index (χ0v) is 9.95. The Hall–Kier alpha value is -0.850. The number of carbonyl (C=O) groups is 1. The second-order valence-corrected chi connectivity index (χ2v) is 3.83. The lowest BCUT2D eigenvalue weighted by atomic mass is 10.1. The minimum atomic E-state index is 0.848. The van der Waals surface area contributed by atoms with Crippen molar-refractivity contribution in [2.24, 2.45) is 0 Å². The SMILES string of the molecule is CC=CCCCCCCCCC=CC=O. The molecule has 0 heterocycles. The lowest BCUT2D eigenvalue weighted by Gasteiger charge is -1.98. The fraction of sp³-hybridized carbons (Fsp3) is 0.643. The summed E-state index contributed by atoms with van der Waals surface area (Å²) in [4.78, 5) is 9.97. The van der Waals surface area contributed by atoms with Crippen LogP contribution < -0.4 is 0 Å². The van der Waals surface area contributed by atoms with E-state index >= 15 is 0 Å². The van der Waals surface area contributed by atoms with Gasteiger partial charge in [0.15, 0.2) is 0 Å². The van der Waals surface area contributed by atoms with Crippen molar-refractivity contribution in [3.8, 4) is 0 Å². The van der Waals surface area contributed by atoms with Gasteiger partial charge in [0.2, 0.25) is 0 Å². The first-order valence-electron chi connectivity index (χ1n) is 6.13. The molecule has 0 atom stereocenters. The molecule has 86 valence electrons. The molecule has 0 radical (unpaired) electrons. The highest BCUT2D eigenvalue weighted by atomic mass is 16.1. The number of allylic oxidation sites excluding steroid dienone is 4. The molecule has 1 heteroatoms. The van der Waals surface area contributed by atoms with Gasteiger partial charge in [0.25, 0.3) is 0 Å². The van der Waals surface area contributed by atoms with E-state index in [4.69, 9.17) is 0 Å². The predicted octanol–water partition coefficient (Wildman–Crippen LogP) is 4.44. The number of unbranched alkanes of at least 4 members (excludes halogenated alkanes) is 7. The molecule has 0 unspecified atom stereocenters. The monoisotopic (exact) mass is 208 g/mol. The Morgan fingerprint density at radius 2 is 1.33 bits per heavy atom. The summed E-state index contributed by atoms with van der Waals surface area (Å²) in [5.41, 5.74) is 0. The number of hydrogen-bond acceptors (Lipinski definition) is 1. The van der Waals surface area contributed by atoms with E-state index in [2.05, 4.69) is 19.1 Å². The first kappa shape index (κ1) is 14.2. The van der Waals surface area contributed by atoms with Crippen molar-refractivity contribution in [2.45, 2.75) is 58.3 Å². The average Bonchev–Trinajstić information content (AvgIpc) is 2.26. The average molecular weight is 208 g/mol. The Bertz CT molecular complexity index is 180. The van der Waals surface area contributed by atoms with E-state index in [1.807, 2.05) is 6.08 Å². The third-order valence-electron chi connectivity index (χ3n) is 2.44. The van der Waals surface area contributed by atoms with Gasteiger partial charge in [-0.2, -0.15) is 0 Å². The maximum absolute atomic E-state index is 9.97. The summed E-state index contributed by atoms with van der Waals surface area (Å²) in [7, 11) is 0. The van der Waals surface area contributed by atoms with E-state index < -0.39 is 0 Å². The van der Waals surface area contributed by atoms with Gasteiger partial charge in [0.05, 0.1) is 0 Å². The minimum absolute atomic E-state index is 0.848. The van der Waals surface area contributed by atoms with Gasteiger partial charge < -0.3 is 0 Å². The molecule has 0 spiro atoms. The van der Waals surface area contributed by atoms with Gasteiger partial charge in [-0.25, -0.2) is 0 Å². The van der Waals surface area contributed by atoms with Crippen molar-refractivity contribution in [1.82, 2.24) is 0 Å². The van der Waals surface area contributed by atoms with Crippen LogP contribution in [0.3, 0.4) is 0 Å². The molecule has 0 amide bonds. The quantitative estimate of drug-likeness (QED) is 0.224. The minimum Gasteiger partial charge on any atom is -0.299 e. The van der Waals surface area contributed by atoms with Crippen LogP contribution in [-0.2, 0) is 4.79 Å². The standard InChI is InChI=1S/C14H24O/c1-2-3-4-5-6-7-8-9-10-11-12-13-14-15/h2-3,12-14H,4-11H2,1H3. The van der Waals surface area contributed by atoms with Crippen molar-refractivity contribution < 1.29 is 4.79 Å². The fourth-order valence-corrected chi connectivity index (χ4v) is 1.55. The second-order valence-electron chi connectivity index (χ2n) is 3.83. The molecule has 0 aromatic carbocycles. The first-order chi connectivity index (χ1) is 7.41. The molecule has 15 heavy (non-hydrogen) atoms. The lowest BCUT2D eigenvalue weighted by Crippen LogP contribution is -1.79. The molecule has 0 aliphatic heterocycles. The Morgan fingerprint density at radius 3 is 1.87 bits per heavy atom. The van der Waals surface area contributed by atoms with E-state index in [-0.39, 0.29) is 0 Å². The van der Waals surface area contributed by atoms with Crippen LogP contribution in [0.5, 0.6) is 0 Å². The van der Waals surface area contributed by atoms with Crippen LogP contribution in [0.1, 0.15) is 58.3 Å². The third kappa shape index (κ3) is 13.2. The van der Waals surface area contributed by atoms with E-state index in [9.17, 15) is 4.79 Å². The zero-order chi connectivity index (χ0) is 11.2. The summed E-state index contributed by atoms with van der Waals surface area (Å²) in [6.45, 7) is 2.08. The summed E-state index contributed by atoms with van der Waals surface area (Å²) in [5.74, 6) is 0. The second kappa shape index (κ2) is 13.2. The third-order valence-corrected chi connectivity index (χ3v) is 2.44. The van der Waals surface area contributed by atoms with E-state index in [1.165, 1.54) is 44.9 Å². The van der Waals surface area contributed by atoms with Crippen molar-refractivity contribution in [3.05, 3.63) is 24.3 Å². The van der Waals surface area contributed by atoms with Gasteiger partial charge in [0, 0.05) is 0 Å². The molecular weight excluding hydrogens is 184 g/mol. The van der Waals surface area contributed by atoms with Crippen molar-refractivity contribution in [3.63, 3.8) is 0 Å². The number of aldehydes is 1. The summed E-state index contributed by atoms with van der Waals surface area (Å²) in [6, 6.07) is 0. The van der Waals surface area contributed by atoms with E-state index in [0.29, 0.717) is 0 Å². The smallest absolute Gasteiger partial charge is 0.142 e. The molecule has 0 N–H and O–H groups in total. The van der Waals surface area contributed by atoms with Crippen LogP contribution in [0, 0.1) is 0 Å². The zero-order valence-electron chi connectivity index (χ0n) is 9.95. The molecule has 0 aliphatic rings. The van der Waals surface area contributed by atoms with Crippen LogP contribution in [0.15, 0.2) is 24.3 Å². The van der Waals surface area contributed by atoms with Crippen LogP contribution in [0.4, 0.5) is 0 Å². The summed E-state index contributed by atoms with van der Waals surface area (Å²) in [6.07, 6.45) is 19.0. The highest BCUT2D eigenvalue weighted by Gasteiger charge is 1.89. The summed E-state index contributed by atoms with van der Waals surface area (Å²) < 4.78 is 0. The summed E-state index contributed by atoms with van der Waals surface area (Å²) in [5, 5.41) is 0. The largest absolute Gasteiger partial charge is 0.299 e. The number of carbonyl (C=O) groups excluding carboxylic acids is 1. The Labute approximate surface area is 94.3 Å². The molecule has 0 saturated carbocycles. The highest BCUT2D eigenvalue weighted by molar-refractivity contribution is 5.64. The Morgan fingerprint density at radius 1 is 0.800 bits per heavy atom. The highest BCUT2D eigenvalue weighted by Crippen LogP contribution is 2.08. The van der Waals surface area contributed by atoms with Gasteiger partial charge in [0.1, 0.15) is 6.29 Å². The molecule has 0 bridgehead atoms. The number of rotatable bonds is 10. The molecular formula is C14H24O. The molecule has 0 aromatic rings. The fourth-order valence-electron chi connectivity index (χ4n) is 1.55. The Balaban J connectivity index is 2.98. The van der Waals surface area contributed by atoms with Crippen molar-refractivity contribution in [2.75, 3.05) is 0 Å². The predicted molar refractivity (Wildman–Crippen MR) is 67.0 cm³/mol. The summed E-state index contributed by atoms with van der Waals surface area (Å²) >= 11 is 0. The van der Waals surface area contributed by atoms with Crippen molar-refractivity contribution >= 4 is 6.29 Å². The maximum Gasteiger partial charge on any atom is 0.142 e. The molecule has 0 aromatic heterocycles. The van der Waals surface area contributed by atoms with Crippen LogP contribution in [0.2, 0.25) is 0 Å². The lowest BCUT2D eigenvalue weighted by molar-refractivity contribution is -0.104. The van der Waals surface area contributed by atoms with Crippen LogP contribution >= 0.6 is 0 Å². The molecule has 0 rings (SSSR count). The van der Waals surface area contributed by atoms with Gasteiger partial charge in [-0.3, -0.25) is 4.79 Å². The van der Waals surface area contributed by atoms with E-state index in [1.54, 1.807) is 6.08 Å². The van der Waals surface area contributed by atoms with Crippen molar-refractivity contribution in [1.29, 1.82) is 0 Å². The van der Waals surface area contributed by atoms with Gasteiger partial charge in [-0.1, -0.05) is 43.9 Å².